The van der Waals surface area contributed by atoms with E-state index >= 15 is 0 Å². The number of rotatable bonds is 1. The Morgan fingerprint density at radius 2 is 1.94 bits per heavy atom. The lowest BCUT2D eigenvalue weighted by Gasteiger charge is -2.19. The van der Waals surface area contributed by atoms with Gasteiger partial charge in [0, 0.05) is 16.6 Å². The van der Waals surface area contributed by atoms with Gasteiger partial charge >= 0.3 is 0 Å². The van der Waals surface area contributed by atoms with Crippen molar-refractivity contribution in [3.63, 3.8) is 0 Å². The molecule has 0 aliphatic heterocycles. The van der Waals surface area contributed by atoms with E-state index in [4.69, 9.17) is 16.1 Å². The van der Waals surface area contributed by atoms with E-state index in [-0.39, 0.29) is 5.84 Å². The molecule has 3 N–H and O–H groups in total. The van der Waals surface area contributed by atoms with Crippen molar-refractivity contribution in [1.29, 1.82) is 5.41 Å². The van der Waals surface area contributed by atoms with Crippen LogP contribution in [0.15, 0.2) is 24.3 Å². The van der Waals surface area contributed by atoms with E-state index in [1.165, 1.54) is 18.4 Å². The molecule has 0 saturated heterocycles. The Hall–Kier alpha value is -1.90. The van der Waals surface area contributed by atoms with Crippen LogP contribution in [0.2, 0.25) is 0 Å². The van der Waals surface area contributed by atoms with E-state index in [1.54, 1.807) is 0 Å². The number of nitrogen functional groups attached to an aromatic ring is 1. The quantitative estimate of drug-likeness (QED) is 0.578. The Morgan fingerprint density at radius 3 is 2.76 bits per heavy atom. The molecule has 0 amide bonds. The minimum Gasteiger partial charge on any atom is -0.384 e. The van der Waals surface area contributed by atoms with Crippen LogP contribution in [-0.2, 0) is 12.8 Å². The van der Waals surface area contributed by atoms with Gasteiger partial charge in [0.05, 0.1) is 5.52 Å². The molecule has 0 fully saturated rings. The number of para-hydroxylation sites is 1. The maximum atomic E-state index is 7.81. The number of nitrogens with two attached hydrogens (primary N) is 1. The van der Waals surface area contributed by atoms with E-state index < -0.39 is 0 Å². The van der Waals surface area contributed by atoms with Gasteiger partial charge in [0.15, 0.2) is 0 Å². The molecule has 0 bridgehead atoms. The summed E-state index contributed by atoms with van der Waals surface area (Å²) in [4.78, 5) is 4.71. The molecule has 1 aliphatic carbocycles. The summed E-state index contributed by atoms with van der Waals surface area (Å²) < 4.78 is 0. The maximum Gasteiger partial charge on any atom is 0.123 e. The topological polar surface area (TPSA) is 62.8 Å². The number of pyridine rings is 1. The monoisotopic (exact) mass is 225 g/mol. The van der Waals surface area contributed by atoms with Crippen molar-refractivity contribution in [2.45, 2.75) is 25.7 Å². The van der Waals surface area contributed by atoms with E-state index in [0.717, 1.165) is 35.0 Å². The summed E-state index contributed by atoms with van der Waals surface area (Å²) in [6.07, 6.45) is 4.38. The molecule has 3 rings (SSSR count). The Bertz CT molecular complexity index is 602. The van der Waals surface area contributed by atoms with Crippen LogP contribution in [0.3, 0.4) is 0 Å². The highest BCUT2D eigenvalue weighted by atomic mass is 14.7. The third kappa shape index (κ3) is 1.58. The Morgan fingerprint density at radius 1 is 1.18 bits per heavy atom. The first-order valence-corrected chi connectivity index (χ1v) is 6.02. The largest absolute Gasteiger partial charge is 0.384 e. The van der Waals surface area contributed by atoms with Gasteiger partial charge in [0.2, 0.25) is 0 Å². The van der Waals surface area contributed by atoms with Gasteiger partial charge in [-0.25, -0.2) is 0 Å². The molecule has 0 radical (unpaired) electrons. The fourth-order valence-corrected chi connectivity index (χ4v) is 2.68. The van der Waals surface area contributed by atoms with Crippen molar-refractivity contribution >= 4 is 16.7 Å². The summed E-state index contributed by atoms with van der Waals surface area (Å²) in [6, 6.07) is 7.96. The molecule has 0 atom stereocenters. The van der Waals surface area contributed by atoms with Gasteiger partial charge in [0.1, 0.15) is 5.84 Å². The number of aromatic nitrogens is 1. The van der Waals surface area contributed by atoms with Crippen LogP contribution in [0.4, 0.5) is 0 Å². The van der Waals surface area contributed by atoms with Crippen LogP contribution in [0, 0.1) is 5.41 Å². The van der Waals surface area contributed by atoms with Crippen LogP contribution in [0.1, 0.15) is 29.7 Å². The van der Waals surface area contributed by atoms with Crippen molar-refractivity contribution in [2.24, 2.45) is 5.73 Å². The normalized spacial score (nSPS) is 14.6. The number of nitrogens with one attached hydrogen (secondary N) is 1. The summed E-state index contributed by atoms with van der Waals surface area (Å²) in [5.74, 6) is 0.168. The summed E-state index contributed by atoms with van der Waals surface area (Å²) in [6.45, 7) is 0. The van der Waals surface area contributed by atoms with Crippen molar-refractivity contribution in [3.8, 4) is 0 Å². The molecule has 0 spiro atoms. The molecular formula is C14H15N3. The van der Waals surface area contributed by atoms with Gasteiger partial charge < -0.3 is 5.73 Å². The molecule has 1 aliphatic rings. The second-order valence-corrected chi connectivity index (χ2v) is 4.55. The van der Waals surface area contributed by atoms with E-state index in [9.17, 15) is 0 Å². The average molecular weight is 225 g/mol. The second kappa shape index (κ2) is 3.84. The third-order valence-electron chi connectivity index (χ3n) is 3.44. The Kier molecular flexibility index (Phi) is 2.32. The first-order valence-electron chi connectivity index (χ1n) is 6.02. The van der Waals surface area contributed by atoms with Crippen LogP contribution in [0.5, 0.6) is 0 Å². The zero-order valence-electron chi connectivity index (χ0n) is 9.66. The minimum atomic E-state index is 0.168. The number of fused-ring (bicyclic) bond motifs is 2. The number of nitrogens with zero attached hydrogens (tertiary/aromatic N) is 1. The standard InChI is InChI=1S/C14H15N3/c15-14(16)13-9-5-1-3-7-11(9)17-12-8-4-2-6-10(12)13/h1,3,5,7H,2,4,6,8H2,(H3,15,16). The lowest BCUT2D eigenvalue weighted by atomic mass is 9.89. The van der Waals surface area contributed by atoms with Crippen molar-refractivity contribution in [2.75, 3.05) is 0 Å². The third-order valence-corrected chi connectivity index (χ3v) is 3.44. The van der Waals surface area contributed by atoms with Gasteiger partial charge in [-0.3, -0.25) is 10.4 Å². The highest BCUT2D eigenvalue weighted by molar-refractivity contribution is 6.08. The number of hydrogen-bond acceptors (Lipinski definition) is 2. The van der Waals surface area contributed by atoms with Crippen LogP contribution < -0.4 is 5.73 Å². The molecule has 1 aromatic carbocycles. The van der Waals surface area contributed by atoms with Gasteiger partial charge in [-0.1, -0.05) is 18.2 Å². The summed E-state index contributed by atoms with van der Waals surface area (Å²) in [7, 11) is 0. The molecule has 3 nitrogen and oxygen atoms in total. The molecule has 0 unspecified atom stereocenters. The highest BCUT2D eigenvalue weighted by Crippen LogP contribution is 2.28. The van der Waals surface area contributed by atoms with Crippen LogP contribution in [0.25, 0.3) is 10.9 Å². The molecule has 17 heavy (non-hydrogen) atoms. The smallest absolute Gasteiger partial charge is 0.123 e. The first kappa shape index (κ1) is 10.3. The molecule has 86 valence electrons. The van der Waals surface area contributed by atoms with Gasteiger partial charge in [-0.2, -0.15) is 0 Å². The van der Waals surface area contributed by atoms with Gasteiger partial charge in [-0.15, -0.1) is 0 Å². The first-order chi connectivity index (χ1) is 8.27. The Balaban J connectivity index is 2.40. The van der Waals surface area contributed by atoms with Gasteiger partial charge in [-0.05, 0) is 37.3 Å². The SMILES string of the molecule is N=C(N)c1c2c(nc3ccccc13)CCCC2. The predicted molar refractivity (Wildman–Crippen MR) is 69.4 cm³/mol. The fraction of sp³-hybridized carbons (Fsp3) is 0.286. The number of amidine groups is 1. The molecule has 0 saturated carbocycles. The lowest BCUT2D eigenvalue weighted by Crippen LogP contribution is -2.19. The number of benzene rings is 1. The van der Waals surface area contributed by atoms with E-state index in [1.807, 2.05) is 24.3 Å². The van der Waals surface area contributed by atoms with Crippen LogP contribution in [-0.4, -0.2) is 10.8 Å². The van der Waals surface area contributed by atoms with Crippen molar-refractivity contribution in [1.82, 2.24) is 4.98 Å². The Labute approximate surface area is 100 Å². The van der Waals surface area contributed by atoms with E-state index in [0.29, 0.717) is 0 Å². The second-order valence-electron chi connectivity index (χ2n) is 4.55. The zero-order valence-corrected chi connectivity index (χ0v) is 9.66. The average Bonchev–Trinajstić information content (AvgIpc) is 2.35. The van der Waals surface area contributed by atoms with Crippen LogP contribution >= 0.6 is 0 Å². The zero-order chi connectivity index (χ0) is 11.8. The molecular weight excluding hydrogens is 210 g/mol. The molecule has 1 heterocycles. The fourth-order valence-electron chi connectivity index (χ4n) is 2.68. The highest BCUT2D eigenvalue weighted by Gasteiger charge is 2.19. The van der Waals surface area contributed by atoms with Crippen molar-refractivity contribution < 1.29 is 0 Å². The maximum absolute atomic E-state index is 7.81. The number of hydrogen-bond donors (Lipinski definition) is 2. The van der Waals surface area contributed by atoms with E-state index in [2.05, 4.69) is 0 Å². The lowest BCUT2D eigenvalue weighted by molar-refractivity contribution is 0.670. The summed E-state index contributed by atoms with van der Waals surface area (Å²) >= 11 is 0. The summed E-state index contributed by atoms with van der Waals surface area (Å²) in [5.41, 5.74) is 9.96. The minimum absolute atomic E-state index is 0.168. The number of aryl methyl sites for hydroxylation is 1. The summed E-state index contributed by atoms with van der Waals surface area (Å²) in [5, 5.41) is 8.82. The molecule has 3 heteroatoms. The molecule has 2 aromatic rings. The van der Waals surface area contributed by atoms with Gasteiger partial charge in [0.25, 0.3) is 0 Å². The molecule has 1 aromatic heterocycles. The predicted octanol–water partition coefficient (Wildman–Crippen LogP) is 2.40. The van der Waals surface area contributed by atoms with Crippen molar-refractivity contribution in [3.05, 3.63) is 41.1 Å².